The number of hydrogen-bond donors (Lipinski definition) is 0. The van der Waals surface area contributed by atoms with Gasteiger partial charge in [-0.15, -0.1) is 0 Å². The number of benzene rings is 1. The van der Waals surface area contributed by atoms with E-state index in [-0.39, 0.29) is 17.1 Å². The molecule has 0 N–H and O–H groups in total. The Morgan fingerprint density at radius 2 is 1.94 bits per heavy atom. The smallest absolute Gasteiger partial charge is 0.262 e. The van der Waals surface area contributed by atoms with E-state index in [9.17, 15) is 9.59 Å². The van der Waals surface area contributed by atoms with E-state index in [0.29, 0.717) is 34.7 Å². The molecule has 4 aromatic rings. The standard InChI is InChI=1S/C24H25N3O3S/c1-4-11-26-23(29)19-9-5-6-10-21(19)25-24(26)31-15-22(28)20-13-16(2)27(17(20)3)14-18-8-7-12-30-18/h5-10,12-13H,4,11,14-15H2,1-3H3. The normalized spacial score (nSPS) is 11.3. The van der Waals surface area contributed by atoms with E-state index in [2.05, 4.69) is 9.55 Å². The minimum absolute atomic E-state index is 0.0225. The third-order valence-electron chi connectivity index (χ3n) is 5.37. The summed E-state index contributed by atoms with van der Waals surface area (Å²) in [6.07, 6.45) is 2.47. The fraction of sp³-hybridized carbons (Fsp3) is 0.292. The van der Waals surface area contributed by atoms with Crippen molar-refractivity contribution in [2.45, 2.75) is 45.4 Å². The van der Waals surface area contributed by atoms with Gasteiger partial charge in [-0.2, -0.15) is 0 Å². The Kier molecular flexibility index (Phi) is 6.13. The maximum atomic E-state index is 13.1. The van der Waals surface area contributed by atoms with Gasteiger partial charge in [-0.25, -0.2) is 4.98 Å². The average Bonchev–Trinajstić information content (AvgIpc) is 3.38. The minimum atomic E-state index is -0.0565. The summed E-state index contributed by atoms with van der Waals surface area (Å²) in [6.45, 7) is 7.13. The van der Waals surface area contributed by atoms with Crippen molar-refractivity contribution < 1.29 is 9.21 Å². The highest BCUT2D eigenvalue weighted by molar-refractivity contribution is 7.99. The highest BCUT2D eigenvalue weighted by Gasteiger charge is 2.18. The molecule has 3 heterocycles. The van der Waals surface area contributed by atoms with Crippen molar-refractivity contribution in [3.05, 3.63) is 81.8 Å². The van der Waals surface area contributed by atoms with Crippen LogP contribution in [0.25, 0.3) is 10.9 Å². The maximum Gasteiger partial charge on any atom is 0.262 e. The molecule has 4 rings (SSSR count). The highest BCUT2D eigenvalue weighted by atomic mass is 32.2. The number of aromatic nitrogens is 3. The number of furan rings is 1. The van der Waals surface area contributed by atoms with E-state index in [0.717, 1.165) is 23.6 Å². The second kappa shape index (κ2) is 8.98. The van der Waals surface area contributed by atoms with E-state index in [1.165, 1.54) is 11.8 Å². The molecule has 0 bridgehead atoms. The summed E-state index contributed by atoms with van der Waals surface area (Å²) in [6, 6.07) is 13.1. The fourth-order valence-electron chi connectivity index (χ4n) is 3.77. The third kappa shape index (κ3) is 4.23. The molecule has 0 saturated heterocycles. The summed E-state index contributed by atoms with van der Waals surface area (Å²) >= 11 is 1.32. The summed E-state index contributed by atoms with van der Waals surface area (Å²) < 4.78 is 9.22. The molecule has 0 radical (unpaired) electrons. The van der Waals surface area contributed by atoms with Crippen molar-refractivity contribution in [2.75, 3.05) is 5.75 Å². The van der Waals surface area contributed by atoms with Crippen LogP contribution < -0.4 is 5.56 Å². The Bertz CT molecular complexity index is 1290. The molecule has 0 spiro atoms. The molecule has 160 valence electrons. The van der Waals surface area contributed by atoms with Crippen molar-refractivity contribution in [1.29, 1.82) is 0 Å². The van der Waals surface area contributed by atoms with Crippen LogP contribution in [0.3, 0.4) is 0 Å². The predicted octanol–water partition coefficient (Wildman–Crippen LogP) is 4.84. The maximum absolute atomic E-state index is 13.1. The summed E-state index contributed by atoms with van der Waals surface area (Å²) in [5.74, 6) is 1.09. The van der Waals surface area contributed by atoms with Crippen molar-refractivity contribution >= 4 is 28.4 Å². The number of carbonyl (C=O) groups excluding carboxylic acids is 1. The van der Waals surface area contributed by atoms with Crippen LogP contribution >= 0.6 is 11.8 Å². The van der Waals surface area contributed by atoms with Gasteiger partial charge in [0.2, 0.25) is 0 Å². The number of hydrogen-bond acceptors (Lipinski definition) is 5. The molecular formula is C24H25N3O3S. The van der Waals surface area contributed by atoms with Crippen LogP contribution in [0, 0.1) is 13.8 Å². The number of rotatable bonds is 8. The molecule has 0 unspecified atom stereocenters. The Labute approximate surface area is 184 Å². The summed E-state index contributed by atoms with van der Waals surface area (Å²) in [5, 5.41) is 1.19. The Morgan fingerprint density at radius 1 is 1.13 bits per heavy atom. The Hall–Kier alpha value is -3.06. The molecule has 0 aliphatic heterocycles. The number of aryl methyl sites for hydroxylation is 1. The lowest BCUT2D eigenvalue weighted by molar-refractivity contribution is 0.102. The summed E-state index contributed by atoms with van der Waals surface area (Å²) in [4.78, 5) is 30.6. The van der Waals surface area contributed by atoms with Crippen LogP contribution in [0.2, 0.25) is 0 Å². The van der Waals surface area contributed by atoms with Crippen LogP contribution in [0.1, 0.15) is 40.9 Å². The first-order chi connectivity index (χ1) is 15.0. The first-order valence-corrected chi connectivity index (χ1v) is 11.3. The molecule has 31 heavy (non-hydrogen) atoms. The first kappa shape index (κ1) is 21.2. The number of ketones is 1. The lowest BCUT2D eigenvalue weighted by atomic mass is 10.2. The van der Waals surface area contributed by atoms with Gasteiger partial charge in [-0.3, -0.25) is 14.2 Å². The Morgan fingerprint density at radius 3 is 2.68 bits per heavy atom. The van der Waals surface area contributed by atoms with E-state index in [1.807, 2.05) is 57.2 Å². The topological polar surface area (TPSA) is 70.0 Å². The van der Waals surface area contributed by atoms with Crippen molar-refractivity contribution in [2.24, 2.45) is 0 Å². The van der Waals surface area contributed by atoms with Crippen LogP contribution in [0.15, 0.2) is 63.1 Å². The molecule has 0 saturated carbocycles. The average molecular weight is 436 g/mol. The second-order valence-corrected chi connectivity index (χ2v) is 8.47. The van der Waals surface area contributed by atoms with Crippen LogP contribution in [-0.2, 0) is 13.1 Å². The van der Waals surface area contributed by atoms with Gasteiger partial charge >= 0.3 is 0 Å². The minimum Gasteiger partial charge on any atom is -0.467 e. The quantitative estimate of drug-likeness (QED) is 0.225. The summed E-state index contributed by atoms with van der Waals surface area (Å²) in [7, 11) is 0. The zero-order valence-electron chi connectivity index (χ0n) is 17.9. The van der Waals surface area contributed by atoms with Gasteiger partial charge in [-0.1, -0.05) is 30.8 Å². The number of Topliss-reactive ketones (excluding diaryl/α,β-unsaturated/α-hetero) is 1. The van der Waals surface area contributed by atoms with Gasteiger partial charge in [0.1, 0.15) is 5.76 Å². The van der Waals surface area contributed by atoms with E-state index >= 15 is 0 Å². The van der Waals surface area contributed by atoms with Crippen molar-refractivity contribution in [3.8, 4) is 0 Å². The van der Waals surface area contributed by atoms with Gasteiger partial charge in [0.15, 0.2) is 10.9 Å². The van der Waals surface area contributed by atoms with Gasteiger partial charge in [-0.05, 0) is 50.6 Å². The molecular weight excluding hydrogens is 410 g/mol. The number of fused-ring (bicyclic) bond motifs is 1. The van der Waals surface area contributed by atoms with Gasteiger partial charge in [0.05, 0.1) is 29.5 Å². The molecule has 0 amide bonds. The van der Waals surface area contributed by atoms with Gasteiger partial charge in [0, 0.05) is 23.5 Å². The largest absolute Gasteiger partial charge is 0.467 e. The molecule has 0 atom stereocenters. The van der Waals surface area contributed by atoms with Crippen molar-refractivity contribution in [3.63, 3.8) is 0 Å². The van der Waals surface area contributed by atoms with Crippen LogP contribution in [0.5, 0.6) is 0 Å². The van der Waals surface area contributed by atoms with E-state index in [4.69, 9.17) is 4.42 Å². The molecule has 0 aliphatic carbocycles. The lowest BCUT2D eigenvalue weighted by Gasteiger charge is -2.12. The fourth-order valence-corrected chi connectivity index (χ4v) is 4.68. The van der Waals surface area contributed by atoms with E-state index in [1.54, 1.807) is 16.9 Å². The van der Waals surface area contributed by atoms with E-state index < -0.39 is 0 Å². The highest BCUT2D eigenvalue weighted by Crippen LogP contribution is 2.23. The van der Waals surface area contributed by atoms with Crippen LogP contribution in [-0.4, -0.2) is 25.7 Å². The second-order valence-electron chi connectivity index (χ2n) is 7.53. The first-order valence-electron chi connectivity index (χ1n) is 10.3. The number of nitrogens with zero attached hydrogens (tertiary/aromatic N) is 3. The molecule has 1 aromatic carbocycles. The van der Waals surface area contributed by atoms with Crippen LogP contribution in [0.4, 0.5) is 0 Å². The number of thioether (sulfide) groups is 1. The monoisotopic (exact) mass is 435 g/mol. The predicted molar refractivity (Wildman–Crippen MR) is 123 cm³/mol. The zero-order valence-corrected chi connectivity index (χ0v) is 18.7. The SMILES string of the molecule is CCCn1c(SCC(=O)c2cc(C)n(Cc3ccco3)c2C)nc2ccccc2c1=O. The van der Waals surface area contributed by atoms with Crippen molar-refractivity contribution in [1.82, 2.24) is 14.1 Å². The Balaban J connectivity index is 1.59. The number of para-hydroxylation sites is 1. The number of carbonyl (C=O) groups is 1. The lowest BCUT2D eigenvalue weighted by Crippen LogP contribution is -2.23. The molecule has 6 nitrogen and oxygen atoms in total. The molecule has 7 heteroatoms. The zero-order chi connectivity index (χ0) is 22.0. The molecule has 3 aromatic heterocycles. The molecule has 0 aliphatic rings. The van der Waals surface area contributed by atoms with Gasteiger partial charge in [0.25, 0.3) is 5.56 Å². The third-order valence-corrected chi connectivity index (χ3v) is 6.35. The summed E-state index contributed by atoms with van der Waals surface area (Å²) in [5.41, 5.74) is 3.22. The van der Waals surface area contributed by atoms with Gasteiger partial charge < -0.3 is 8.98 Å². The molecule has 0 fully saturated rings.